The van der Waals surface area contributed by atoms with Gasteiger partial charge in [0.15, 0.2) is 0 Å². The minimum Gasteiger partial charge on any atom is -0.393 e. The van der Waals surface area contributed by atoms with Crippen molar-refractivity contribution in [2.75, 3.05) is 13.2 Å². The van der Waals surface area contributed by atoms with Crippen LogP contribution in [0.15, 0.2) is 43.0 Å². The van der Waals surface area contributed by atoms with Crippen LogP contribution in [0.4, 0.5) is 0 Å². The van der Waals surface area contributed by atoms with E-state index in [-0.39, 0.29) is 0 Å². The van der Waals surface area contributed by atoms with E-state index in [1.165, 1.54) is 10.8 Å². The number of aromatic nitrogens is 2. The molecule has 0 atom stereocenters. The Balaban J connectivity index is 2.17. The third-order valence-electron chi connectivity index (χ3n) is 3.17. The van der Waals surface area contributed by atoms with E-state index in [0.717, 1.165) is 32.6 Å². The van der Waals surface area contributed by atoms with E-state index in [1.54, 1.807) is 6.20 Å². The highest BCUT2D eigenvalue weighted by Crippen LogP contribution is 2.05. The Morgan fingerprint density at radius 2 is 1.81 bits per heavy atom. The molecule has 0 saturated carbocycles. The van der Waals surface area contributed by atoms with Crippen LogP contribution in [0.1, 0.15) is 32.3 Å². The van der Waals surface area contributed by atoms with Gasteiger partial charge in [-0.25, -0.2) is 4.98 Å². The van der Waals surface area contributed by atoms with Gasteiger partial charge in [0, 0.05) is 32.2 Å². The summed E-state index contributed by atoms with van der Waals surface area (Å²) >= 11 is 0. The normalized spacial score (nSPS) is 11.2. The maximum absolute atomic E-state index is 6.03. The first-order valence-corrected chi connectivity index (χ1v) is 9.14. The Morgan fingerprint density at radius 1 is 1.10 bits per heavy atom. The zero-order chi connectivity index (χ0) is 14.9. The largest absolute Gasteiger partial charge is 0.393 e. The summed E-state index contributed by atoms with van der Waals surface area (Å²) in [5.74, 6) is 0. The molecule has 1 aromatic carbocycles. The second kappa shape index (κ2) is 8.77. The van der Waals surface area contributed by atoms with Gasteiger partial charge in [-0.15, -0.1) is 0 Å². The molecular formula is C16H24N2O2Si. The molecule has 0 amide bonds. The maximum Gasteiger partial charge on any atom is 0.356 e. The van der Waals surface area contributed by atoms with Gasteiger partial charge in [0.05, 0.1) is 6.33 Å². The Morgan fingerprint density at radius 3 is 2.43 bits per heavy atom. The summed E-state index contributed by atoms with van der Waals surface area (Å²) < 4.78 is 14.1. The van der Waals surface area contributed by atoms with Crippen LogP contribution in [0.5, 0.6) is 0 Å². The summed E-state index contributed by atoms with van der Waals surface area (Å²) in [6.07, 6.45) is 7.66. The highest BCUT2D eigenvalue weighted by molar-refractivity contribution is 6.61. The van der Waals surface area contributed by atoms with Crippen LogP contribution in [-0.4, -0.2) is 32.0 Å². The highest BCUT2D eigenvalue weighted by atomic mass is 28.3. The van der Waals surface area contributed by atoms with Crippen LogP contribution in [-0.2, 0) is 15.4 Å². The van der Waals surface area contributed by atoms with Gasteiger partial charge in [-0.05, 0) is 23.6 Å². The van der Waals surface area contributed by atoms with Crippen molar-refractivity contribution in [1.82, 2.24) is 9.55 Å². The number of imidazole rings is 1. The van der Waals surface area contributed by atoms with Crippen molar-refractivity contribution in [2.45, 2.75) is 33.2 Å². The van der Waals surface area contributed by atoms with E-state index in [4.69, 9.17) is 8.85 Å². The highest BCUT2D eigenvalue weighted by Gasteiger charge is 2.19. The Hall–Kier alpha value is -1.43. The molecule has 2 aromatic rings. The van der Waals surface area contributed by atoms with Gasteiger partial charge < -0.3 is 13.4 Å². The minimum atomic E-state index is -1.82. The molecule has 1 aromatic heterocycles. The summed E-state index contributed by atoms with van der Waals surface area (Å²) in [6, 6.07) is 8.44. The first-order chi connectivity index (χ1) is 10.3. The van der Waals surface area contributed by atoms with Gasteiger partial charge in [-0.3, -0.25) is 0 Å². The van der Waals surface area contributed by atoms with Crippen molar-refractivity contribution in [3.05, 3.63) is 48.5 Å². The lowest BCUT2D eigenvalue weighted by atomic mass is 10.2. The Labute approximate surface area is 128 Å². The first-order valence-electron chi connectivity index (χ1n) is 7.61. The third-order valence-corrected chi connectivity index (χ3v) is 5.32. The van der Waals surface area contributed by atoms with Crippen LogP contribution in [0, 0.1) is 0 Å². The average molecular weight is 304 g/mol. The summed E-state index contributed by atoms with van der Waals surface area (Å²) in [7, 11) is -1.82. The van der Waals surface area contributed by atoms with Crippen molar-refractivity contribution in [3.8, 4) is 0 Å². The van der Waals surface area contributed by atoms with Crippen molar-refractivity contribution >= 4 is 14.5 Å². The molecule has 0 fully saturated rings. The predicted molar refractivity (Wildman–Crippen MR) is 87.0 cm³/mol. The van der Waals surface area contributed by atoms with Crippen molar-refractivity contribution < 1.29 is 8.85 Å². The SMILES string of the molecule is CCCO[SiH](OCCC)c1ccccc1Cn1ccnc1. The second-order valence-electron chi connectivity index (χ2n) is 5.01. The molecule has 114 valence electrons. The molecule has 1 heterocycles. The maximum atomic E-state index is 6.03. The van der Waals surface area contributed by atoms with E-state index in [0.29, 0.717) is 0 Å². The van der Waals surface area contributed by atoms with E-state index in [1.807, 2.05) is 12.5 Å². The smallest absolute Gasteiger partial charge is 0.356 e. The van der Waals surface area contributed by atoms with Crippen molar-refractivity contribution in [2.24, 2.45) is 0 Å². The summed E-state index contributed by atoms with van der Waals surface area (Å²) in [5.41, 5.74) is 1.26. The van der Waals surface area contributed by atoms with Crippen LogP contribution in [0.3, 0.4) is 0 Å². The second-order valence-corrected chi connectivity index (χ2v) is 6.96. The number of benzene rings is 1. The van der Waals surface area contributed by atoms with Crippen LogP contribution >= 0.6 is 0 Å². The van der Waals surface area contributed by atoms with Crippen LogP contribution in [0.2, 0.25) is 0 Å². The fourth-order valence-electron chi connectivity index (χ4n) is 2.16. The molecule has 21 heavy (non-hydrogen) atoms. The first kappa shape index (κ1) is 15.9. The van der Waals surface area contributed by atoms with Crippen LogP contribution < -0.4 is 5.19 Å². The molecule has 4 nitrogen and oxygen atoms in total. The van der Waals surface area contributed by atoms with Gasteiger partial charge in [0.1, 0.15) is 0 Å². The molecule has 0 bridgehead atoms. The van der Waals surface area contributed by atoms with Gasteiger partial charge in [0.2, 0.25) is 0 Å². The van der Waals surface area contributed by atoms with E-state index in [2.05, 4.69) is 47.7 Å². The number of hydrogen-bond donors (Lipinski definition) is 0. The molecule has 5 heteroatoms. The molecule has 2 rings (SSSR count). The predicted octanol–water partition coefficient (Wildman–Crippen LogP) is 2.21. The lowest BCUT2D eigenvalue weighted by Crippen LogP contribution is -2.40. The van der Waals surface area contributed by atoms with Crippen molar-refractivity contribution in [1.29, 1.82) is 0 Å². The minimum absolute atomic E-state index is 0.764. The molecule has 0 aliphatic rings. The summed E-state index contributed by atoms with van der Waals surface area (Å²) in [6.45, 7) is 6.59. The standard InChI is InChI=1S/C16H24N2O2Si/c1-3-11-19-21(20-12-4-2)16-8-6-5-7-15(16)13-18-10-9-17-14-18/h5-10,14,21H,3-4,11-13H2,1-2H3. The molecule has 0 unspecified atom stereocenters. The van der Waals surface area contributed by atoms with Gasteiger partial charge in [-0.2, -0.15) is 0 Å². The zero-order valence-corrected chi connectivity index (χ0v) is 14.0. The van der Waals surface area contributed by atoms with Gasteiger partial charge in [-0.1, -0.05) is 38.1 Å². The van der Waals surface area contributed by atoms with E-state index < -0.39 is 9.28 Å². The number of rotatable bonds is 9. The zero-order valence-electron chi connectivity index (χ0n) is 12.9. The quantitative estimate of drug-likeness (QED) is 0.667. The molecule has 0 N–H and O–H groups in total. The molecule has 0 saturated heterocycles. The van der Waals surface area contributed by atoms with Gasteiger partial charge >= 0.3 is 9.28 Å². The van der Waals surface area contributed by atoms with E-state index in [9.17, 15) is 0 Å². The Bertz CT molecular complexity index is 509. The summed E-state index contributed by atoms with van der Waals surface area (Å²) in [4.78, 5) is 4.10. The number of hydrogen-bond acceptors (Lipinski definition) is 3. The molecule has 0 aliphatic heterocycles. The fraction of sp³-hybridized carbons (Fsp3) is 0.438. The lowest BCUT2D eigenvalue weighted by molar-refractivity contribution is 0.207. The fourth-order valence-corrected chi connectivity index (χ4v) is 4.28. The van der Waals surface area contributed by atoms with Crippen molar-refractivity contribution in [3.63, 3.8) is 0 Å². The third kappa shape index (κ3) is 4.80. The van der Waals surface area contributed by atoms with Crippen LogP contribution in [0.25, 0.3) is 0 Å². The Kier molecular flexibility index (Phi) is 6.66. The number of nitrogens with zero attached hydrogens (tertiary/aromatic N) is 2. The van der Waals surface area contributed by atoms with Gasteiger partial charge in [0.25, 0.3) is 0 Å². The van der Waals surface area contributed by atoms with E-state index >= 15 is 0 Å². The topological polar surface area (TPSA) is 36.3 Å². The molecule has 0 spiro atoms. The monoisotopic (exact) mass is 304 g/mol. The molecule has 0 aliphatic carbocycles. The molecular weight excluding hydrogens is 280 g/mol. The lowest BCUT2D eigenvalue weighted by Gasteiger charge is -2.19. The summed E-state index contributed by atoms with van der Waals surface area (Å²) in [5, 5.41) is 1.24. The molecule has 0 radical (unpaired) electrons. The average Bonchev–Trinajstić information content (AvgIpc) is 3.01.